The first-order chi connectivity index (χ1) is 9.61. The zero-order valence-corrected chi connectivity index (χ0v) is 14.1. The van der Waals surface area contributed by atoms with Crippen LogP contribution < -0.4 is 9.46 Å². The minimum atomic E-state index is -3.30. The number of aromatic nitrogens is 2. The third kappa shape index (κ3) is 3.84. The lowest BCUT2D eigenvalue weighted by atomic mass is 10.1. The number of sulfonamides is 1. The second kappa shape index (κ2) is 5.43. The van der Waals surface area contributed by atoms with Crippen LogP contribution in [0.15, 0.2) is 18.2 Å². The summed E-state index contributed by atoms with van der Waals surface area (Å²) in [5.74, 6) is 0.721. The molecule has 1 heterocycles. The van der Waals surface area contributed by atoms with Gasteiger partial charge in [-0.2, -0.15) is 0 Å². The number of nitrogens with one attached hydrogen (secondary N) is 2. The number of aromatic amines is 1. The van der Waals surface area contributed by atoms with Crippen LogP contribution in [0, 0.1) is 4.77 Å². The van der Waals surface area contributed by atoms with E-state index in [0.29, 0.717) is 11.3 Å². The molecule has 0 atom stereocenters. The SMILES string of the molecule is COc1ccc2[nH]c(=S)n(CC(C)(C)NS(C)(=O)=O)c2c1. The Hall–Kier alpha value is -1.38. The van der Waals surface area contributed by atoms with Crippen LogP contribution in [0.1, 0.15) is 13.8 Å². The van der Waals surface area contributed by atoms with Crippen LogP contribution >= 0.6 is 12.2 Å². The highest BCUT2D eigenvalue weighted by Gasteiger charge is 2.24. The molecule has 0 bridgehead atoms. The first kappa shape index (κ1) is 16.0. The molecule has 0 saturated carbocycles. The summed E-state index contributed by atoms with van der Waals surface area (Å²) in [6.07, 6.45) is 1.15. The van der Waals surface area contributed by atoms with Crippen LogP contribution in [0.4, 0.5) is 0 Å². The van der Waals surface area contributed by atoms with Crippen LogP contribution in [0.25, 0.3) is 11.0 Å². The molecule has 0 radical (unpaired) electrons. The summed E-state index contributed by atoms with van der Waals surface area (Å²) in [6.45, 7) is 4.04. The van der Waals surface area contributed by atoms with Crippen molar-refractivity contribution in [2.45, 2.75) is 25.9 Å². The first-order valence-electron chi connectivity index (χ1n) is 6.37. The van der Waals surface area contributed by atoms with Gasteiger partial charge in [0.1, 0.15) is 5.75 Å². The van der Waals surface area contributed by atoms with Crippen molar-refractivity contribution < 1.29 is 13.2 Å². The number of imidazole rings is 1. The van der Waals surface area contributed by atoms with Crippen molar-refractivity contribution in [1.29, 1.82) is 0 Å². The fourth-order valence-corrected chi connectivity index (χ4v) is 3.69. The second-order valence-electron chi connectivity index (χ2n) is 5.66. The molecule has 0 aliphatic heterocycles. The third-order valence-corrected chi connectivity index (χ3v) is 4.24. The molecule has 0 aliphatic rings. The summed E-state index contributed by atoms with van der Waals surface area (Å²) in [5, 5.41) is 0. The van der Waals surface area contributed by atoms with E-state index in [1.165, 1.54) is 0 Å². The van der Waals surface area contributed by atoms with Gasteiger partial charge in [-0.25, -0.2) is 13.1 Å². The highest BCUT2D eigenvalue weighted by atomic mass is 32.2. The Morgan fingerprint density at radius 1 is 1.43 bits per heavy atom. The molecule has 6 nitrogen and oxygen atoms in total. The van der Waals surface area contributed by atoms with Gasteiger partial charge < -0.3 is 14.3 Å². The highest BCUT2D eigenvalue weighted by molar-refractivity contribution is 7.88. The molecule has 0 spiro atoms. The zero-order valence-electron chi connectivity index (χ0n) is 12.4. The van der Waals surface area contributed by atoms with Crippen LogP contribution in [0.2, 0.25) is 0 Å². The molecule has 2 N–H and O–H groups in total. The van der Waals surface area contributed by atoms with Gasteiger partial charge in [0.25, 0.3) is 0 Å². The summed E-state index contributed by atoms with van der Waals surface area (Å²) in [6, 6.07) is 5.60. The summed E-state index contributed by atoms with van der Waals surface area (Å²) in [7, 11) is -1.70. The average molecular weight is 329 g/mol. The van der Waals surface area contributed by atoms with Gasteiger partial charge in [-0.15, -0.1) is 0 Å². The Morgan fingerprint density at radius 2 is 2.10 bits per heavy atom. The Kier molecular flexibility index (Phi) is 4.14. The van der Waals surface area contributed by atoms with Gasteiger partial charge in [0, 0.05) is 18.2 Å². The Morgan fingerprint density at radius 3 is 2.67 bits per heavy atom. The summed E-state index contributed by atoms with van der Waals surface area (Å²) in [5.41, 5.74) is 1.10. The van der Waals surface area contributed by atoms with E-state index in [-0.39, 0.29) is 0 Å². The number of hydrogen-bond donors (Lipinski definition) is 2. The molecule has 0 unspecified atom stereocenters. The van der Waals surface area contributed by atoms with Crippen molar-refractivity contribution in [3.05, 3.63) is 23.0 Å². The number of ether oxygens (including phenoxy) is 1. The number of benzene rings is 1. The number of nitrogens with zero attached hydrogens (tertiary/aromatic N) is 1. The van der Waals surface area contributed by atoms with E-state index in [1.807, 2.05) is 36.6 Å². The minimum Gasteiger partial charge on any atom is -0.497 e. The summed E-state index contributed by atoms with van der Waals surface area (Å²) >= 11 is 5.33. The van der Waals surface area contributed by atoms with Gasteiger partial charge in [0.05, 0.1) is 24.4 Å². The van der Waals surface area contributed by atoms with Gasteiger partial charge >= 0.3 is 0 Å². The fraction of sp³-hybridized carbons (Fsp3) is 0.462. The van der Waals surface area contributed by atoms with E-state index in [2.05, 4.69) is 9.71 Å². The maximum absolute atomic E-state index is 11.5. The summed E-state index contributed by atoms with van der Waals surface area (Å²) < 4.78 is 33.1. The van der Waals surface area contributed by atoms with E-state index in [9.17, 15) is 8.42 Å². The standard InChI is InChI=1S/C13H19N3O3S2/c1-13(2,15-21(4,17)18)8-16-11-7-9(19-3)5-6-10(11)14-12(16)20/h5-7,15H,8H2,1-4H3,(H,14,20). The van der Waals surface area contributed by atoms with Crippen molar-refractivity contribution in [2.24, 2.45) is 0 Å². The van der Waals surface area contributed by atoms with Crippen LogP contribution in [0.5, 0.6) is 5.75 Å². The molecule has 2 rings (SSSR count). The second-order valence-corrected chi connectivity index (χ2v) is 7.79. The molecular weight excluding hydrogens is 310 g/mol. The largest absolute Gasteiger partial charge is 0.497 e. The molecule has 2 aromatic rings. The van der Waals surface area contributed by atoms with Gasteiger partial charge in [0.15, 0.2) is 4.77 Å². The lowest BCUT2D eigenvalue weighted by Gasteiger charge is -2.25. The number of hydrogen-bond acceptors (Lipinski definition) is 4. The quantitative estimate of drug-likeness (QED) is 0.823. The number of methoxy groups -OCH3 is 1. The Bertz CT molecular complexity index is 819. The average Bonchev–Trinajstić information content (AvgIpc) is 2.62. The summed E-state index contributed by atoms with van der Waals surface area (Å²) in [4.78, 5) is 3.11. The Labute approximate surface area is 129 Å². The zero-order chi connectivity index (χ0) is 15.8. The lowest BCUT2D eigenvalue weighted by molar-refractivity contribution is 0.393. The molecule has 8 heteroatoms. The number of fused-ring (bicyclic) bond motifs is 1. The number of rotatable bonds is 5. The maximum Gasteiger partial charge on any atom is 0.209 e. The molecule has 116 valence electrons. The maximum atomic E-state index is 11.5. The van der Waals surface area contributed by atoms with Crippen LogP contribution in [-0.2, 0) is 16.6 Å². The van der Waals surface area contributed by atoms with E-state index in [4.69, 9.17) is 17.0 Å². The molecule has 1 aromatic heterocycles. The lowest BCUT2D eigenvalue weighted by Crippen LogP contribution is -2.46. The topological polar surface area (TPSA) is 76.1 Å². The van der Waals surface area contributed by atoms with E-state index >= 15 is 0 Å². The molecule has 0 saturated heterocycles. The molecule has 0 aliphatic carbocycles. The molecule has 0 amide bonds. The minimum absolute atomic E-state index is 0.409. The molecule has 21 heavy (non-hydrogen) atoms. The van der Waals surface area contributed by atoms with Crippen molar-refractivity contribution in [3.63, 3.8) is 0 Å². The van der Waals surface area contributed by atoms with Crippen molar-refractivity contribution in [1.82, 2.24) is 14.3 Å². The number of H-pyrrole nitrogens is 1. The molecule has 1 aromatic carbocycles. The van der Waals surface area contributed by atoms with Gasteiger partial charge in [0.2, 0.25) is 10.0 Å². The highest BCUT2D eigenvalue weighted by Crippen LogP contribution is 2.22. The predicted molar refractivity (Wildman–Crippen MR) is 85.7 cm³/mol. The van der Waals surface area contributed by atoms with Gasteiger partial charge in [-0.05, 0) is 38.2 Å². The van der Waals surface area contributed by atoms with Crippen molar-refractivity contribution in [2.75, 3.05) is 13.4 Å². The van der Waals surface area contributed by atoms with Crippen LogP contribution in [-0.4, -0.2) is 36.9 Å². The van der Waals surface area contributed by atoms with Gasteiger partial charge in [-0.3, -0.25) is 0 Å². The molecular formula is C13H19N3O3S2. The smallest absolute Gasteiger partial charge is 0.209 e. The monoisotopic (exact) mass is 329 g/mol. The molecule has 0 fully saturated rings. The Balaban J connectivity index is 2.46. The fourth-order valence-electron chi connectivity index (χ4n) is 2.35. The van der Waals surface area contributed by atoms with Crippen molar-refractivity contribution >= 4 is 33.3 Å². The third-order valence-electron chi connectivity index (χ3n) is 3.00. The van der Waals surface area contributed by atoms with E-state index in [1.54, 1.807) is 7.11 Å². The normalized spacial score (nSPS) is 12.8. The van der Waals surface area contributed by atoms with Crippen LogP contribution in [0.3, 0.4) is 0 Å². The van der Waals surface area contributed by atoms with Gasteiger partial charge in [-0.1, -0.05) is 0 Å². The first-order valence-corrected chi connectivity index (χ1v) is 8.67. The predicted octanol–water partition coefficient (Wildman–Crippen LogP) is 2.04. The van der Waals surface area contributed by atoms with E-state index in [0.717, 1.165) is 23.0 Å². The van der Waals surface area contributed by atoms with Crippen molar-refractivity contribution in [3.8, 4) is 5.75 Å². The van der Waals surface area contributed by atoms with E-state index < -0.39 is 15.6 Å².